The van der Waals surface area contributed by atoms with E-state index in [0.29, 0.717) is 0 Å². The number of imidazole rings is 1. The molecule has 0 spiro atoms. The predicted octanol–water partition coefficient (Wildman–Crippen LogP) is 1.71. The second-order valence-electron chi connectivity index (χ2n) is 3.34. The van der Waals surface area contributed by atoms with E-state index in [0.717, 1.165) is 12.1 Å². The first kappa shape index (κ1) is 11.7. The fourth-order valence-electron chi connectivity index (χ4n) is 1.31. The number of benzene rings is 1. The van der Waals surface area contributed by atoms with E-state index in [1.165, 1.54) is 18.6 Å². The van der Waals surface area contributed by atoms with Gasteiger partial charge in [0.25, 0.3) is 5.91 Å². The van der Waals surface area contributed by atoms with Crippen molar-refractivity contribution in [1.82, 2.24) is 9.97 Å². The fraction of sp³-hybridized carbons (Fsp3) is 0. The summed E-state index contributed by atoms with van der Waals surface area (Å²) >= 11 is 0. The number of nitrogens with one attached hydrogen (secondary N) is 2. The Bertz CT molecular complexity index is 597. The summed E-state index contributed by atoms with van der Waals surface area (Å²) in [6.07, 6.45) is 2.63. The number of rotatable bonds is 3. The van der Waals surface area contributed by atoms with Gasteiger partial charge < -0.3 is 10.3 Å². The molecule has 0 saturated heterocycles. The number of carbonyl (C=O) groups excluding carboxylic acids is 1. The molecule has 0 unspecified atom stereocenters. The third-order valence-electron chi connectivity index (χ3n) is 2.15. The zero-order chi connectivity index (χ0) is 13.1. The first-order chi connectivity index (χ1) is 8.58. The molecule has 0 aliphatic rings. The number of nitro groups is 1. The Labute approximate surface area is 99.8 Å². The minimum Gasteiger partial charge on any atom is -0.341 e. The molecule has 0 bridgehead atoms. The lowest BCUT2D eigenvalue weighted by atomic mass is 10.2. The monoisotopic (exact) mass is 250 g/mol. The van der Waals surface area contributed by atoms with E-state index in [9.17, 15) is 19.3 Å². The molecule has 0 atom stereocenters. The van der Waals surface area contributed by atoms with Crippen LogP contribution >= 0.6 is 0 Å². The number of hydrogen-bond acceptors (Lipinski definition) is 4. The molecule has 18 heavy (non-hydrogen) atoms. The summed E-state index contributed by atoms with van der Waals surface area (Å²) in [5.74, 6) is -1.52. The molecule has 8 heteroatoms. The first-order valence-corrected chi connectivity index (χ1v) is 4.81. The molecule has 1 heterocycles. The van der Waals surface area contributed by atoms with Crippen molar-refractivity contribution in [2.24, 2.45) is 0 Å². The molecule has 1 aromatic carbocycles. The molecule has 1 amide bonds. The second kappa shape index (κ2) is 4.62. The Morgan fingerprint density at radius 1 is 1.50 bits per heavy atom. The molecule has 2 N–H and O–H groups in total. The summed E-state index contributed by atoms with van der Waals surface area (Å²) < 4.78 is 13.3. The van der Waals surface area contributed by atoms with Crippen molar-refractivity contribution in [1.29, 1.82) is 0 Å². The lowest BCUT2D eigenvalue weighted by Gasteiger charge is -2.03. The van der Waals surface area contributed by atoms with Gasteiger partial charge in [0.15, 0.2) is 0 Å². The van der Waals surface area contributed by atoms with Gasteiger partial charge in [0, 0.05) is 17.8 Å². The molecule has 2 aromatic rings. The van der Waals surface area contributed by atoms with Crippen molar-refractivity contribution in [3.63, 3.8) is 0 Å². The van der Waals surface area contributed by atoms with Crippen LogP contribution in [0.5, 0.6) is 0 Å². The standard InChI is InChI=1S/C10H7FN4O3/c11-7-3-6(1-2-9(7)15(17)18)14-10(16)8-4-12-5-13-8/h1-5H,(H,12,13)(H,14,16). The van der Waals surface area contributed by atoms with Crippen molar-refractivity contribution in [2.45, 2.75) is 0 Å². The summed E-state index contributed by atoms with van der Waals surface area (Å²) in [4.78, 5) is 27.4. The number of aromatic amines is 1. The van der Waals surface area contributed by atoms with Crippen LogP contribution in [0.25, 0.3) is 0 Å². The van der Waals surface area contributed by atoms with E-state index < -0.39 is 22.3 Å². The SMILES string of the molecule is O=C(Nc1ccc([N+](=O)[O-])c(F)c1)c1cnc[nH]1. The number of anilines is 1. The zero-order valence-corrected chi connectivity index (χ0v) is 8.88. The lowest BCUT2D eigenvalue weighted by molar-refractivity contribution is -0.387. The fourth-order valence-corrected chi connectivity index (χ4v) is 1.31. The van der Waals surface area contributed by atoms with E-state index in [2.05, 4.69) is 15.3 Å². The number of hydrogen-bond donors (Lipinski definition) is 2. The molecule has 1 aromatic heterocycles. The topological polar surface area (TPSA) is 101 Å². The maximum atomic E-state index is 13.3. The Morgan fingerprint density at radius 3 is 2.83 bits per heavy atom. The van der Waals surface area contributed by atoms with Crippen LogP contribution in [-0.2, 0) is 0 Å². The third-order valence-corrected chi connectivity index (χ3v) is 2.15. The quantitative estimate of drug-likeness (QED) is 0.639. The molecule has 92 valence electrons. The van der Waals surface area contributed by atoms with Crippen molar-refractivity contribution in [3.8, 4) is 0 Å². The third kappa shape index (κ3) is 2.32. The Balaban J connectivity index is 2.18. The molecule has 0 radical (unpaired) electrons. The van der Waals surface area contributed by atoms with Crippen molar-refractivity contribution in [3.05, 3.63) is 52.3 Å². The maximum absolute atomic E-state index is 13.3. The van der Waals surface area contributed by atoms with Gasteiger partial charge in [0.2, 0.25) is 5.82 Å². The van der Waals surface area contributed by atoms with Crippen LogP contribution in [-0.4, -0.2) is 20.8 Å². The van der Waals surface area contributed by atoms with Crippen LogP contribution in [0.1, 0.15) is 10.5 Å². The highest BCUT2D eigenvalue weighted by atomic mass is 19.1. The molecule has 0 aliphatic carbocycles. The number of nitro benzene ring substituents is 1. The van der Waals surface area contributed by atoms with Crippen molar-refractivity contribution >= 4 is 17.3 Å². The smallest absolute Gasteiger partial charge is 0.304 e. The molecular formula is C10H7FN4O3. The maximum Gasteiger partial charge on any atom is 0.304 e. The molecule has 0 saturated carbocycles. The number of aromatic nitrogens is 2. The van der Waals surface area contributed by atoms with Gasteiger partial charge in [-0.05, 0) is 6.07 Å². The Hall–Kier alpha value is -2.77. The van der Waals surface area contributed by atoms with Gasteiger partial charge in [0.1, 0.15) is 5.69 Å². The van der Waals surface area contributed by atoms with E-state index >= 15 is 0 Å². The zero-order valence-electron chi connectivity index (χ0n) is 8.88. The highest BCUT2D eigenvalue weighted by Gasteiger charge is 2.15. The predicted molar refractivity (Wildman–Crippen MR) is 59.6 cm³/mol. The number of nitrogens with zero attached hydrogens (tertiary/aromatic N) is 2. The van der Waals surface area contributed by atoms with Crippen LogP contribution in [0.2, 0.25) is 0 Å². The van der Waals surface area contributed by atoms with Gasteiger partial charge in [-0.25, -0.2) is 4.98 Å². The second-order valence-corrected chi connectivity index (χ2v) is 3.34. The highest BCUT2D eigenvalue weighted by molar-refractivity contribution is 6.02. The van der Waals surface area contributed by atoms with Crippen LogP contribution in [0.3, 0.4) is 0 Å². The minimum absolute atomic E-state index is 0.123. The molecule has 0 fully saturated rings. The van der Waals surface area contributed by atoms with Gasteiger partial charge in [-0.15, -0.1) is 0 Å². The summed E-state index contributed by atoms with van der Waals surface area (Å²) in [5.41, 5.74) is -0.319. The van der Waals surface area contributed by atoms with Gasteiger partial charge in [-0.1, -0.05) is 0 Å². The average Bonchev–Trinajstić information content (AvgIpc) is 2.81. The largest absolute Gasteiger partial charge is 0.341 e. The number of carbonyl (C=O) groups is 1. The van der Waals surface area contributed by atoms with E-state index in [1.54, 1.807) is 0 Å². The minimum atomic E-state index is -1.01. The van der Waals surface area contributed by atoms with E-state index in [-0.39, 0.29) is 11.4 Å². The molecule has 7 nitrogen and oxygen atoms in total. The molecule has 0 aliphatic heterocycles. The van der Waals surface area contributed by atoms with Crippen LogP contribution in [0.4, 0.5) is 15.8 Å². The average molecular weight is 250 g/mol. The summed E-state index contributed by atoms with van der Waals surface area (Å²) in [5, 5.41) is 12.8. The van der Waals surface area contributed by atoms with Crippen LogP contribution < -0.4 is 5.32 Å². The number of halogens is 1. The number of H-pyrrole nitrogens is 1. The summed E-state index contributed by atoms with van der Waals surface area (Å²) in [6, 6.07) is 3.11. The molecular weight excluding hydrogens is 243 g/mol. The Morgan fingerprint density at radius 2 is 2.28 bits per heavy atom. The summed E-state index contributed by atoms with van der Waals surface area (Å²) in [7, 11) is 0. The van der Waals surface area contributed by atoms with Gasteiger partial charge >= 0.3 is 5.69 Å². The summed E-state index contributed by atoms with van der Waals surface area (Å²) in [6.45, 7) is 0. The number of amides is 1. The van der Waals surface area contributed by atoms with E-state index in [1.807, 2.05) is 0 Å². The van der Waals surface area contributed by atoms with Gasteiger partial charge in [-0.2, -0.15) is 4.39 Å². The highest BCUT2D eigenvalue weighted by Crippen LogP contribution is 2.20. The van der Waals surface area contributed by atoms with Crippen LogP contribution in [0, 0.1) is 15.9 Å². The van der Waals surface area contributed by atoms with Crippen molar-refractivity contribution in [2.75, 3.05) is 5.32 Å². The normalized spacial score (nSPS) is 10.1. The molecule has 2 rings (SSSR count). The van der Waals surface area contributed by atoms with Crippen molar-refractivity contribution < 1.29 is 14.1 Å². The van der Waals surface area contributed by atoms with E-state index in [4.69, 9.17) is 0 Å². The van der Waals surface area contributed by atoms with Gasteiger partial charge in [0.05, 0.1) is 17.4 Å². The Kier molecular flexibility index (Phi) is 3.00. The first-order valence-electron chi connectivity index (χ1n) is 4.81. The van der Waals surface area contributed by atoms with Gasteiger partial charge in [-0.3, -0.25) is 14.9 Å². The lowest BCUT2D eigenvalue weighted by Crippen LogP contribution is -2.12. The van der Waals surface area contributed by atoms with Crippen LogP contribution in [0.15, 0.2) is 30.7 Å².